The van der Waals surface area contributed by atoms with Crippen LogP contribution in [0.25, 0.3) is 0 Å². The molecule has 1 saturated carbocycles. The van der Waals surface area contributed by atoms with Gasteiger partial charge in [-0.1, -0.05) is 6.08 Å². The summed E-state index contributed by atoms with van der Waals surface area (Å²) < 4.78 is 33.9. The fraction of sp³-hybridized carbons (Fsp3) is 0.583. The molecular weight excluding hydrogens is 298 g/mol. The average Bonchev–Trinajstić information content (AvgIpc) is 3.19. The molecule has 1 aliphatic rings. The summed E-state index contributed by atoms with van der Waals surface area (Å²) in [7, 11) is -3.33. The molecule has 8 heteroatoms. The van der Waals surface area contributed by atoms with Crippen molar-refractivity contribution in [3.63, 3.8) is 0 Å². The third-order valence-corrected chi connectivity index (χ3v) is 6.20. The third kappa shape index (κ3) is 3.50. The van der Waals surface area contributed by atoms with Gasteiger partial charge in [-0.25, -0.2) is 8.42 Å². The zero-order valence-corrected chi connectivity index (χ0v) is 12.8. The topological polar surface area (TPSA) is 94.3 Å². The van der Waals surface area contributed by atoms with Crippen LogP contribution in [0.4, 0.5) is 10.8 Å². The molecule has 1 fully saturated rings. The molecule has 0 spiro atoms. The van der Waals surface area contributed by atoms with E-state index in [4.69, 9.17) is 10.5 Å². The van der Waals surface area contributed by atoms with Crippen molar-refractivity contribution in [2.75, 3.05) is 30.8 Å². The van der Waals surface area contributed by atoms with Gasteiger partial charge in [-0.15, -0.1) is 6.58 Å². The van der Waals surface area contributed by atoms with Crippen LogP contribution < -0.4 is 11.1 Å². The normalized spacial score (nSPS) is 15.2. The van der Waals surface area contributed by atoms with Crippen molar-refractivity contribution in [3.05, 3.63) is 12.7 Å². The number of nitrogens with one attached hydrogen (secondary N) is 1. The molecule has 0 bridgehead atoms. The largest absolute Gasteiger partial charge is 0.382 e. The Labute approximate surface area is 123 Å². The van der Waals surface area contributed by atoms with E-state index < -0.39 is 9.84 Å². The maximum absolute atomic E-state index is 12.3. The number of hydrogen-bond donors (Lipinski definition) is 2. The summed E-state index contributed by atoms with van der Waals surface area (Å²) in [5, 5.41) is 3.27. The van der Waals surface area contributed by atoms with Crippen LogP contribution in [0.1, 0.15) is 19.3 Å². The van der Waals surface area contributed by atoms with E-state index in [1.807, 2.05) is 0 Å². The molecule has 0 radical (unpaired) electrons. The molecule has 1 aromatic heterocycles. The van der Waals surface area contributed by atoms with E-state index in [0.717, 1.165) is 18.0 Å². The molecule has 1 aromatic rings. The predicted octanol–water partition coefficient (Wildman–Crippen LogP) is 1.67. The number of aromatic nitrogens is 1. The van der Waals surface area contributed by atoms with Crippen LogP contribution in [-0.4, -0.2) is 37.8 Å². The molecule has 0 aromatic carbocycles. The second-order valence-corrected chi connectivity index (χ2v) is 7.53. The Balaban J connectivity index is 1.94. The van der Waals surface area contributed by atoms with Gasteiger partial charge in [0.25, 0.3) is 0 Å². The van der Waals surface area contributed by atoms with Crippen molar-refractivity contribution < 1.29 is 13.2 Å². The summed E-state index contributed by atoms with van der Waals surface area (Å²) in [6, 6.07) is 0. The summed E-state index contributed by atoms with van der Waals surface area (Å²) in [5.74, 6) is 0.0944. The molecule has 112 valence electrons. The van der Waals surface area contributed by atoms with Gasteiger partial charge in [0.2, 0.25) is 0 Å². The highest BCUT2D eigenvalue weighted by atomic mass is 32.2. The molecule has 0 atom stereocenters. The number of hydrogen-bond acceptors (Lipinski definition) is 7. The molecule has 0 aliphatic heterocycles. The minimum atomic E-state index is -3.33. The first-order chi connectivity index (χ1) is 9.57. The summed E-state index contributed by atoms with van der Waals surface area (Å²) in [6.45, 7) is 5.24. The Morgan fingerprint density at radius 1 is 1.50 bits per heavy atom. The monoisotopic (exact) mass is 317 g/mol. The maximum atomic E-state index is 12.3. The SMILES string of the molecule is C=CCCOCCNc1snc(N)c1S(=O)(=O)C1CC1. The minimum Gasteiger partial charge on any atom is -0.382 e. The van der Waals surface area contributed by atoms with Gasteiger partial charge in [0.15, 0.2) is 15.7 Å². The number of nitrogens with zero attached hydrogens (tertiary/aromatic N) is 1. The molecule has 0 saturated heterocycles. The van der Waals surface area contributed by atoms with Crippen LogP contribution in [0.2, 0.25) is 0 Å². The Morgan fingerprint density at radius 2 is 2.25 bits per heavy atom. The van der Waals surface area contributed by atoms with Gasteiger partial charge < -0.3 is 15.8 Å². The lowest BCUT2D eigenvalue weighted by molar-refractivity contribution is 0.149. The zero-order chi connectivity index (χ0) is 14.6. The first-order valence-corrected chi connectivity index (χ1v) is 8.81. The standard InChI is InChI=1S/C12H19N3O3S2/c1-2-3-7-18-8-6-14-12-10(11(13)15-19-12)20(16,17)9-4-5-9/h2,9,14H,1,3-8H2,(H2,13,15). The molecule has 20 heavy (non-hydrogen) atoms. The molecule has 2 rings (SSSR count). The van der Waals surface area contributed by atoms with Crippen LogP contribution >= 0.6 is 11.5 Å². The van der Waals surface area contributed by atoms with Crippen molar-refractivity contribution >= 4 is 32.2 Å². The minimum absolute atomic E-state index is 0.0944. The molecule has 3 N–H and O–H groups in total. The van der Waals surface area contributed by atoms with Gasteiger partial charge in [0.05, 0.1) is 18.5 Å². The van der Waals surface area contributed by atoms with E-state index in [1.165, 1.54) is 0 Å². The molecule has 1 aliphatic carbocycles. The Morgan fingerprint density at radius 3 is 2.90 bits per heavy atom. The van der Waals surface area contributed by atoms with E-state index in [0.29, 0.717) is 37.6 Å². The van der Waals surface area contributed by atoms with Gasteiger partial charge in [0, 0.05) is 6.54 Å². The van der Waals surface area contributed by atoms with Crippen molar-refractivity contribution in [2.45, 2.75) is 29.4 Å². The molecule has 1 heterocycles. The lowest BCUT2D eigenvalue weighted by atomic mass is 10.4. The van der Waals surface area contributed by atoms with Crippen LogP contribution in [-0.2, 0) is 14.6 Å². The summed E-state index contributed by atoms with van der Waals surface area (Å²) in [6.07, 6.45) is 4.01. The van der Waals surface area contributed by atoms with E-state index in [-0.39, 0.29) is 16.0 Å². The predicted molar refractivity (Wildman–Crippen MR) is 80.9 cm³/mol. The summed E-state index contributed by atoms with van der Waals surface area (Å²) in [4.78, 5) is 0.163. The highest BCUT2D eigenvalue weighted by Gasteiger charge is 2.40. The van der Waals surface area contributed by atoms with Crippen LogP contribution in [0.5, 0.6) is 0 Å². The second-order valence-electron chi connectivity index (χ2n) is 4.59. The van der Waals surface area contributed by atoms with Crippen molar-refractivity contribution in [2.24, 2.45) is 0 Å². The first-order valence-electron chi connectivity index (χ1n) is 6.49. The van der Waals surface area contributed by atoms with E-state index >= 15 is 0 Å². The van der Waals surface area contributed by atoms with E-state index in [1.54, 1.807) is 6.08 Å². The first kappa shape index (κ1) is 15.3. The maximum Gasteiger partial charge on any atom is 0.187 e. The van der Waals surface area contributed by atoms with E-state index in [2.05, 4.69) is 16.3 Å². The van der Waals surface area contributed by atoms with Gasteiger partial charge in [0.1, 0.15) is 9.90 Å². The Hall–Kier alpha value is -1.12. The molecular formula is C12H19N3O3S2. The van der Waals surface area contributed by atoms with Crippen LogP contribution in [0.15, 0.2) is 17.6 Å². The molecule has 0 amide bonds. The van der Waals surface area contributed by atoms with E-state index in [9.17, 15) is 8.42 Å². The van der Waals surface area contributed by atoms with Gasteiger partial charge in [-0.05, 0) is 30.8 Å². The molecule has 0 unspecified atom stereocenters. The Kier molecular flexibility index (Phi) is 5.00. The number of rotatable bonds is 9. The number of sulfone groups is 1. The highest BCUT2D eigenvalue weighted by Crippen LogP contribution is 2.40. The summed E-state index contributed by atoms with van der Waals surface area (Å²) in [5.41, 5.74) is 5.70. The van der Waals surface area contributed by atoms with Crippen molar-refractivity contribution in [3.8, 4) is 0 Å². The quantitative estimate of drug-likeness (QED) is 0.531. The zero-order valence-electron chi connectivity index (χ0n) is 11.2. The number of ether oxygens (including phenoxy) is 1. The number of nitrogens with two attached hydrogens (primary N) is 1. The lowest BCUT2D eigenvalue weighted by Gasteiger charge is -2.08. The van der Waals surface area contributed by atoms with Crippen LogP contribution in [0, 0.1) is 0 Å². The van der Waals surface area contributed by atoms with Gasteiger partial charge in [-0.3, -0.25) is 0 Å². The van der Waals surface area contributed by atoms with Gasteiger partial charge >= 0.3 is 0 Å². The number of anilines is 2. The number of nitrogen functional groups attached to an aromatic ring is 1. The molecule has 6 nitrogen and oxygen atoms in total. The van der Waals surface area contributed by atoms with Crippen molar-refractivity contribution in [1.82, 2.24) is 4.37 Å². The second kappa shape index (κ2) is 6.55. The van der Waals surface area contributed by atoms with Crippen molar-refractivity contribution in [1.29, 1.82) is 0 Å². The highest BCUT2D eigenvalue weighted by molar-refractivity contribution is 7.92. The average molecular weight is 317 g/mol. The lowest BCUT2D eigenvalue weighted by Crippen LogP contribution is -2.14. The third-order valence-electron chi connectivity index (χ3n) is 2.92. The fourth-order valence-corrected chi connectivity index (χ4v) is 4.64. The summed E-state index contributed by atoms with van der Waals surface area (Å²) >= 11 is 1.08. The van der Waals surface area contributed by atoms with Gasteiger partial charge in [-0.2, -0.15) is 4.37 Å². The smallest absolute Gasteiger partial charge is 0.187 e. The fourth-order valence-electron chi connectivity index (χ4n) is 1.73. The Bertz CT molecular complexity index is 565. The van der Waals surface area contributed by atoms with Crippen LogP contribution in [0.3, 0.4) is 0 Å².